The van der Waals surface area contributed by atoms with Crippen LogP contribution < -0.4 is 10.5 Å². The van der Waals surface area contributed by atoms with E-state index in [2.05, 4.69) is 4.98 Å². The summed E-state index contributed by atoms with van der Waals surface area (Å²) < 4.78 is 11.1. The Hall–Kier alpha value is -1.81. The number of pyridine rings is 1. The van der Waals surface area contributed by atoms with Gasteiger partial charge in [0, 0.05) is 29.8 Å². The number of hydrogen-bond acceptors (Lipinski definition) is 4. The molecule has 0 bridgehead atoms. The van der Waals surface area contributed by atoms with Gasteiger partial charge in [-0.2, -0.15) is 0 Å². The van der Waals surface area contributed by atoms with E-state index in [1.165, 1.54) is 0 Å². The number of hydrogen-bond donors (Lipinski definition) is 1. The van der Waals surface area contributed by atoms with E-state index in [0.717, 1.165) is 36.1 Å². The molecule has 18 heavy (non-hydrogen) atoms. The van der Waals surface area contributed by atoms with Gasteiger partial charge in [0.05, 0.1) is 13.2 Å². The predicted octanol–water partition coefficient (Wildman–Crippen LogP) is 2.23. The van der Waals surface area contributed by atoms with Crippen LogP contribution in [-0.2, 0) is 4.74 Å². The van der Waals surface area contributed by atoms with E-state index in [1.807, 2.05) is 24.3 Å². The minimum absolute atomic E-state index is 0.482. The summed E-state index contributed by atoms with van der Waals surface area (Å²) in [5, 5.41) is 2.06. The summed E-state index contributed by atoms with van der Waals surface area (Å²) >= 11 is 0. The fourth-order valence-electron chi connectivity index (χ4n) is 2.20. The monoisotopic (exact) mass is 244 g/mol. The van der Waals surface area contributed by atoms with E-state index < -0.39 is 0 Å². The summed E-state index contributed by atoms with van der Waals surface area (Å²) in [6.07, 6.45) is 2.82. The molecule has 1 atom stereocenters. The van der Waals surface area contributed by atoms with Gasteiger partial charge in [-0.25, -0.2) is 4.98 Å². The number of nitrogens with two attached hydrogens (primary N) is 1. The Bertz CT molecular complexity index is 550. The van der Waals surface area contributed by atoms with Gasteiger partial charge in [0.15, 0.2) is 0 Å². The zero-order chi connectivity index (χ0) is 12.4. The molecule has 2 heterocycles. The molecule has 4 nitrogen and oxygen atoms in total. The van der Waals surface area contributed by atoms with E-state index in [1.54, 1.807) is 6.20 Å². The van der Waals surface area contributed by atoms with Crippen molar-refractivity contribution in [3.05, 3.63) is 30.5 Å². The maximum atomic E-state index is 5.81. The summed E-state index contributed by atoms with van der Waals surface area (Å²) in [7, 11) is 0. The second kappa shape index (κ2) is 4.82. The molecule has 0 radical (unpaired) electrons. The maximum Gasteiger partial charge on any atom is 0.221 e. The number of rotatable bonds is 3. The molecule has 1 aliphatic rings. The fourth-order valence-corrected chi connectivity index (χ4v) is 2.20. The molecule has 1 aliphatic heterocycles. The van der Waals surface area contributed by atoms with Crippen molar-refractivity contribution in [2.45, 2.75) is 6.42 Å². The molecule has 0 saturated carbocycles. The van der Waals surface area contributed by atoms with Gasteiger partial charge in [-0.15, -0.1) is 0 Å². The molecule has 2 N–H and O–H groups in total. The van der Waals surface area contributed by atoms with Crippen molar-refractivity contribution in [2.75, 3.05) is 25.6 Å². The lowest BCUT2D eigenvalue weighted by atomic mass is 10.1. The highest BCUT2D eigenvalue weighted by Gasteiger charge is 2.17. The van der Waals surface area contributed by atoms with Gasteiger partial charge < -0.3 is 15.2 Å². The number of aromatic nitrogens is 1. The summed E-state index contributed by atoms with van der Waals surface area (Å²) in [6.45, 7) is 2.29. The van der Waals surface area contributed by atoms with Crippen molar-refractivity contribution in [3.8, 4) is 5.88 Å². The Kier molecular flexibility index (Phi) is 3.02. The smallest absolute Gasteiger partial charge is 0.221 e. The second-order valence-corrected chi connectivity index (χ2v) is 4.64. The highest BCUT2D eigenvalue weighted by Crippen LogP contribution is 2.25. The van der Waals surface area contributed by atoms with Gasteiger partial charge in [0.2, 0.25) is 5.88 Å². The Labute approximate surface area is 106 Å². The Morgan fingerprint density at radius 1 is 1.39 bits per heavy atom. The molecule has 1 saturated heterocycles. The lowest BCUT2D eigenvalue weighted by Gasteiger charge is -2.11. The summed E-state index contributed by atoms with van der Waals surface area (Å²) in [4.78, 5) is 4.29. The quantitative estimate of drug-likeness (QED) is 0.841. The minimum atomic E-state index is 0.482. The molecule has 3 rings (SSSR count). The molecule has 1 unspecified atom stereocenters. The van der Waals surface area contributed by atoms with Gasteiger partial charge in [-0.3, -0.25) is 0 Å². The third-order valence-electron chi connectivity index (χ3n) is 3.23. The van der Waals surface area contributed by atoms with Crippen molar-refractivity contribution < 1.29 is 9.47 Å². The maximum absolute atomic E-state index is 5.81. The van der Waals surface area contributed by atoms with Crippen LogP contribution in [0.15, 0.2) is 30.5 Å². The van der Waals surface area contributed by atoms with Crippen LogP contribution in [0.3, 0.4) is 0 Å². The molecule has 1 aromatic carbocycles. The van der Waals surface area contributed by atoms with Gasteiger partial charge in [-0.1, -0.05) is 0 Å². The Morgan fingerprint density at radius 3 is 3.17 bits per heavy atom. The Morgan fingerprint density at radius 2 is 2.33 bits per heavy atom. The van der Waals surface area contributed by atoms with Crippen molar-refractivity contribution in [2.24, 2.45) is 5.92 Å². The zero-order valence-electron chi connectivity index (χ0n) is 10.1. The number of ether oxygens (including phenoxy) is 2. The van der Waals surface area contributed by atoms with E-state index in [4.69, 9.17) is 15.2 Å². The van der Waals surface area contributed by atoms with Crippen LogP contribution in [0.2, 0.25) is 0 Å². The van der Waals surface area contributed by atoms with Crippen LogP contribution in [0, 0.1) is 5.92 Å². The van der Waals surface area contributed by atoms with Gasteiger partial charge in [0.1, 0.15) is 0 Å². The standard InChI is InChI=1S/C14H16N2O2/c15-12-1-2-13-11(7-12)3-5-16-14(13)18-9-10-4-6-17-8-10/h1-3,5,7,10H,4,6,8-9,15H2. The Balaban J connectivity index is 1.82. The lowest BCUT2D eigenvalue weighted by Crippen LogP contribution is -2.12. The van der Waals surface area contributed by atoms with Crippen LogP contribution in [0.5, 0.6) is 5.88 Å². The van der Waals surface area contributed by atoms with Crippen molar-refractivity contribution in [1.82, 2.24) is 4.98 Å². The topological polar surface area (TPSA) is 57.4 Å². The molecule has 2 aromatic rings. The van der Waals surface area contributed by atoms with Crippen LogP contribution in [0.25, 0.3) is 10.8 Å². The average Bonchev–Trinajstić information content (AvgIpc) is 2.89. The van der Waals surface area contributed by atoms with Crippen molar-refractivity contribution in [3.63, 3.8) is 0 Å². The molecular weight excluding hydrogens is 228 g/mol. The summed E-state index contributed by atoms with van der Waals surface area (Å²) in [6, 6.07) is 7.70. The van der Waals surface area contributed by atoms with Crippen molar-refractivity contribution >= 4 is 16.5 Å². The number of nitrogen functional groups attached to an aromatic ring is 1. The number of benzene rings is 1. The fraction of sp³-hybridized carbons (Fsp3) is 0.357. The normalized spacial score (nSPS) is 19.2. The molecule has 1 fully saturated rings. The van der Waals surface area contributed by atoms with Gasteiger partial charge in [0.25, 0.3) is 0 Å². The van der Waals surface area contributed by atoms with Gasteiger partial charge in [-0.05, 0) is 36.1 Å². The van der Waals surface area contributed by atoms with Crippen molar-refractivity contribution in [1.29, 1.82) is 0 Å². The molecule has 0 aliphatic carbocycles. The summed E-state index contributed by atoms with van der Waals surface area (Å²) in [5.41, 5.74) is 6.52. The molecule has 4 heteroatoms. The van der Waals surface area contributed by atoms with E-state index in [-0.39, 0.29) is 0 Å². The molecular formula is C14H16N2O2. The van der Waals surface area contributed by atoms with Crippen LogP contribution in [-0.4, -0.2) is 24.8 Å². The molecule has 0 amide bonds. The second-order valence-electron chi connectivity index (χ2n) is 4.64. The SMILES string of the molecule is Nc1ccc2c(OCC3CCOC3)nccc2c1. The zero-order valence-corrected chi connectivity index (χ0v) is 10.1. The van der Waals surface area contributed by atoms with Gasteiger partial charge >= 0.3 is 0 Å². The first-order valence-corrected chi connectivity index (χ1v) is 6.18. The van der Waals surface area contributed by atoms with E-state index >= 15 is 0 Å². The highest BCUT2D eigenvalue weighted by molar-refractivity contribution is 5.89. The third-order valence-corrected chi connectivity index (χ3v) is 3.23. The minimum Gasteiger partial charge on any atom is -0.477 e. The number of fused-ring (bicyclic) bond motifs is 1. The largest absolute Gasteiger partial charge is 0.477 e. The highest BCUT2D eigenvalue weighted by atomic mass is 16.5. The first kappa shape index (κ1) is 11.3. The van der Waals surface area contributed by atoms with Crippen LogP contribution in [0.4, 0.5) is 5.69 Å². The van der Waals surface area contributed by atoms with E-state index in [0.29, 0.717) is 18.4 Å². The average molecular weight is 244 g/mol. The molecule has 0 spiro atoms. The third kappa shape index (κ3) is 2.24. The first-order valence-electron chi connectivity index (χ1n) is 6.18. The predicted molar refractivity (Wildman–Crippen MR) is 70.6 cm³/mol. The van der Waals surface area contributed by atoms with E-state index in [9.17, 15) is 0 Å². The lowest BCUT2D eigenvalue weighted by molar-refractivity contribution is 0.166. The van der Waals surface area contributed by atoms with Crippen LogP contribution >= 0.6 is 0 Å². The first-order chi connectivity index (χ1) is 8.83. The summed E-state index contributed by atoms with van der Waals surface area (Å²) in [5.74, 6) is 1.16. The molecule has 1 aromatic heterocycles. The number of nitrogens with zero attached hydrogens (tertiary/aromatic N) is 1. The van der Waals surface area contributed by atoms with Crippen LogP contribution in [0.1, 0.15) is 6.42 Å². The number of anilines is 1. The molecule has 94 valence electrons.